The number of fused-ring (bicyclic) bond motifs is 2. The molecule has 0 saturated carbocycles. The number of nitrogens with zero attached hydrogens (tertiary/aromatic N) is 3. The van der Waals surface area contributed by atoms with Gasteiger partial charge in [0.15, 0.2) is 5.76 Å². The number of para-hydroxylation sites is 1. The lowest BCUT2D eigenvalue weighted by atomic mass is 10.0. The Labute approximate surface area is 227 Å². The molecule has 9 nitrogen and oxygen atoms in total. The average Bonchev–Trinajstić information content (AvgIpc) is 3.63. The van der Waals surface area contributed by atoms with E-state index in [1.54, 1.807) is 61.7 Å². The highest BCUT2D eigenvalue weighted by atomic mass is 16.5. The van der Waals surface area contributed by atoms with E-state index in [1.807, 2.05) is 31.2 Å². The van der Waals surface area contributed by atoms with Gasteiger partial charge in [-0.1, -0.05) is 24.3 Å². The summed E-state index contributed by atoms with van der Waals surface area (Å²) in [5.74, 6) is 1.84. The molecule has 3 aromatic carbocycles. The van der Waals surface area contributed by atoms with Gasteiger partial charge in [-0.3, -0.25) is 4.79 Å². The van der Waals surface area contributed by atoms with E-state index in [1.165, 1.54) is 18.0 Å². The van der Waals surface area contributed by atoms with Crippen LogP contribution in [0.25, 0.3) is 44.8 Å². The third kappa shape index (κ3) is 4.33. The van der Waals surface area contributed by atoms with Crippen LogP contribution < -0.4 is 10.3 Å². The lowest BCUT2D eigenvalue weighted by Gasteiger charge is -2.07. The number of benzene rings is 3. The summed E-state index contributed by atoms with van der Waals surface area (Å²) in [6.07, 6.45) is 1.45. The molecular formula is C31H23N3O6. The number of carbonyl (C=O) groups excluding carboxylic acids is 1. The van der Waals surface area contributed by atoms with Crippen LogP contribution in [0.3, 0.4) is 0 Å². The first-order valence-electron chi connectivity index (χ1n) is 12.4. The molecule has 40 heavy (non-hydrogen) atoms. The fraction of sp³-hybridized carbons (Fsp3) is 0.0968. The van der Waals surface area contributed by atoms with Crippen molar-refractivity contribution in [2.75, 3.05) is 14.2 Å². The molecule has 0 radical (unpaired) electrons. The molecule has 0 aliphatic heterocycles. The monoisotopic (exact) mass is 533 g/mol. The summed E-state index contributed by atoms with van der Waals surface area (Å²) in [5.41, 5.74) is 2.87. The Morgan fingerprint density at radius 1 is 0.925 bits per heavy atom. The van der Waals surface area contributed by atoms with Crippen molar-refractivity contribution in [1.29, 1.82) is 0 Å². The summed E-state index contributed by atoms with van der Waals surface area (Å²) < 4.78 is 23.5. The van der Waals surface area contributed by atoms with Gasteiger partial charge in [-0.05, 0) is 67.1 Å². The van der Waals surface area contributed by atoms with E-state index in [4.69, 9.17) is 23.3 Å². The van der Waals surface area contributed by atoms with Gasteiger partial charge in [0.2, 0.25) is 5.82 Å². The van der Waals surface area contributed by atoms with Crippen LogP contribution in [0.15, 0.2) is 97.6 Å². The van der Waals surface area contributed by atoms with Gasteiger partial charge >= 0.3 is 5.97 Å². The van der Waals surface area contributed by atoms with Gasteiger partial charge in [0.1, 0.15) is 22.9 Å². The number of hydrogen-bond donors (Lipinski definition) is 0. The van der Waals surface area contributed by atoms with Crippen LogP contribution >= 0.6 is 0 Å². The molecule has 9 heteroatoms. The van der Waals surface area contributed by atoms with Crippen LogP contribution in [0, 0.1) is 6.92 Å². The molecule has 0 spiro atoms. The second-order valence-electron chi connectivity index (χ2n) is 9.02. The Bertz CT molecular complexity index is 2000. The molecule has 0 unspecified atom stereocenters. The molecule has 0 aliphatic rings. The summed E-state index contributed by atoms with van der Waals surface area (Å²) in [6.45, 7) is 1.88. The lowest BCUT2D eigenvalue weighted by molar-refractivity contribution is 0.0600. The zero-order valence-corrected chi connectivity index (χ0v) is 21.9. The molecule has 6 rings (SSSR count). The van der Waals surface area contributed by atoms with Crippen molar-refractivity contribution in [1.82, 2.24) is 9.66 Å². The Balaban J connectivity index is 1.42. The van der Waals surface area contributed by atoms with Gasteiger partial charge in [0.25, 0.3) is 5.56 Å². The van der Waals surface area contributed by atoms with Gasteiger partial charge in [-0.2, -0.15) is 9.78 Å². The van der Waals surface area contributed by atoms with E-state index in [0.29, 0.717) is 45.1 Å². The Kier molecular flexibility index (Phi) is 6.24. The van der Waals surface area contributed by atoms with Crippen molar-refractivity contribution < 1.29 is 23.1 Å². The van der Waals surface area contributed by atoms with Crippen molar-refractivity contribution in [2.45, 2.75) is 6.92 Å². The topological polar surface area (TPSA) is 109 Å². The lowest BCUT2D eigenvalue weighted by Crippen LogP contribution is -2.20. The zero-order chi connectivity index (χ0) is 27.8. The fourth-order valence-electron chi connectivity index (χ4n) is 4.58. The smallest absolute Gasteiger partial charge is 0.337 e. The molecule has 198 valence electrons. The van der Waals surface area contributed by atoms with Gasteiger partial charge in [-0.15, -0.1) is 0 Å². The molecular weight excluding hydrogens is 510 g/mol. The molecule has 0 fully saturated rings. The number of ether oxygens (including phenoxy) is 2. The normalized spacial score (nSPS) is 11.5. The van der Waals surface area contributed by atoms with Crippen molar-refractivity contribution in [3.05, 3.63) is 106 Å². The van der Waals surface area contributed by atoms with E-state index in [2.05, 4.69) is 5.10 Å². The van der Waals surface area contributed by atoms with E-state index >= 15 is 0 Å². The molecule has 0 atom stereocenters. The minimum atomic E-state index is -0.407. The molecule has 0 aliphatic carbocycles. The number of esters is 1. The Hall–Kier alpha value is -5.44. The summed E-state index contributed by atoms with van der Waals surface area (Å²) in [5, 5.41) is 5.63. The maximum Gasteiger partial charge on any atom is 0.337 e. The third-order valence-electron chi connectivity index (χ3n) is 6.56. The molecule has 0 N–H and O–H groups in total. The first kappa shape index (κ1) is 24.9. The number of aryl methyl sites for hydroxylation is 1. The van der Waals surface area contributed by atoms with E-state index in [9.17, 15) is 9.59 Å². The largest absolute Gasteiger partial charge is 0.496 e. The van der Waals surface area contributed by atoms with Crippen LogP contribution in [0.4, 0.5) is 0 Å². The number of aromatic nitrogens is 2. The minimum Gasteiger partial charge on any atom is -0.496 e. The highest BCUT2D eigenvalue weighted by molar-refractivity contribution is 5.91. The second-order valence-corrected chi connectivity index (χ2v) is 9.02. The molecule has 0 saturated heterocycles. The number of carbonyl (C=O) groups is 1. The maximum absolute atomic E-state index is 13.5. The summed E-state index contributed by atoms with van der Waals surface area (Å²) in [6, 6.07) is 23.1. The molecule has 3 heterocycles. The predicted molar refractivity (Wildman–Crippen MR) is 151 cm³/mol. The fourth-order valence-corrected chi connectivity index (χ4v) is 4.58. The number of rotatable bonds is 6. The van der Waals surface area contributed by atoms with Crippen LogP contribution in [-0.4, -0.2) is 36.1 Å². The molecule has 6 aromatic rings. The third-order valence-corrected chi connectivity index (χ3v) is 6.56. The van der Waals surface area contributed by atoms with Crippen molar-refractivity contribution in [3.8, 4) is 28.7 Å². The van der Waals surface area contributed by atoms with Crippen LogP contribution in [0.1, 0.15) is 21.7 Å². The van der Waals surface area contributed by atoms with Gasteiger partial charge < -0.3 is 18.3 Å². The van der Waals surface area contributed by atoms with Crippen LogP contribution in [0.5, 0.6) is 5.75 Å². The Morgan fingerprint density at radius 3 is 2.58 bits per heavy atom. The van der Waals surface area contributed by atoms with Gasteiger partial charge in [0, 0.05) is 5.56 Å². The Morgan fingerprint density at radius 2 is 1.77 bits per heavy atom. The van der Waals surface area contributed by atoms with E-state index in [0.717, 1.165) is 16.5 Å². The highest BCUT2D eigenvalue weighted by Gasteiger charge is 2.18. The quantitative estimate of drug-likeness (QED) is 0.189. The summed E-state index contributed by atoms with van der Waals surface area (Å²) in [7, 11) is 2.93. The maximum atomic E-state index is 13.5. The predicted octanol–water partition coefficient (Wildman–Crippen LogP) is 6.06. The highest BCUT2D eigenvalue weighted by Crippen LogP contribution is 2.33. The first-order valence-corrected chi connectivity index (χ1v) is 12.4. The minimum absolute atomic E-state index is 0.235. The van der Waals surface area contributed by atoms with Crippen molar-refractivity contribution in [3.63, 3.8) is 0 Å². The number of furan rings is 2. The SMILES string of the molecule is COC(=O)c1ccc(-c2ccc(C=Nn3c(-c4cc5c(OC)cccc5o4)nc4ccccc4c3=O)o2)c(C)c1. The van der Waals surface area contributed by atoms with E-state index < -0.39 is 5.97 Å². The average molecular weight is 534 g/mol. The van der Waals surface area contributed by atoms with Crippen molar-refractivity contribution >= 4 is 34.1 Å². The molecule has 3 aromatic heterocycles. The summed E-state index contributed by atoms with van der Waals surface area (Å²) >= 11 is 0. The molecule has 0 amide bonds. The number of hydrogen-bond acceptors (Lipinski definition) is 8. The van der Waals surface area contributed by atoms with Crippen LogP contribution in [0.2, 0.25) is 0 Å². The van der Waals surface area contributed by atoms with Gasteiger partial charge in [-0.25, -0.2) is 9.78 Å². The van der Waals surface area contributed by atoms with Gasteiger partial charge in [0.05, 0.1) is 42.3 Å². The summed E-state index contributed by atoms with van der Waals surface area (Å²) in [4.78, 5) is 30.1. The first-order chi connectivity index (χ1) is 19.5. The van der Waals surface area contributed by atoms with Crippen molar-refractivity contribution in [2.24, 2.45) is 5.10 Å². The van der Waals surface area contributed by atoms with E-state index in [-0.39, 0.29) is 11.4 Å². The molecule has 0 bridgehead atoms. The second kappa shape index (κ2) is 10.0. The van der Waals surface area contributed by atoms with Crippen LogP contribution in [-0.2, 0) is 4.74 Å². The zero-order valence-electron chi connectivity index (χ0n) is 21.9. The number of methoxy groups -OCH3 is 2. The standard InChI is InChI=1S/C31H23N3O6/c1-18-15-19(31(36)38-3)11-13-21(18)27-14-12-20(39-27)17-32-34-29(33-24-8-5-4-7-22(24)30(34)35)28-16-23-25(37-2)9-6-10-26(23)40-28/h4-17H,1-3H3.